The van der Waals surface area contributed by atoms with Crippen LogP contribution in [-0.2, 0) is 24.0 Å². The fourth-order valence-corrected chi connectivity index (χ4v) is 4.24. The maximum Gasteiger partial charge on any atom is 0.191 e. The van der Waals surface area contributed by atoms with Crippen LogP contribution in [0.3, 0.4) is 0 Å². The Bertz CT molecular complexity index is 967. The molecule has 1 aliphatic heterocycles. The minimum atomic E-state index is 0.717. The summed E-state index contributed by atoms with van der Waals surface area (Å²) in [7, 11) is 3.73. The number of morpholine rings is 1. The number of thioether (sulfide) groups is 1. The number of hydrogen-bond donors (Lipinski definition) is 0. The largest absolute Gasteiger partial charge is 0.497 e. The third-order valence-corrected chi connectivity index (χ3v) is 6.00. The third-order valence-electron chi connectivity index (χ3n) is 5.08. The molecule has 7 nitrogen and oxygen atoms in total. The predicted octanol–water partition coefficient (Wildman–Crippen LogP) is 3.45. The second-order valence-electron chi connectivity index (χ2n) is 7.08. The molecule has 0 aliphatic carbocycles. The summed E-state index contributed by atoms with van der Waals surface area (Å²) < 4.78 is 12.9. The molecule has 0 N–H and O–H groups in total. The first-order valence-electron chi connectivity index (χ1n) is 10.0. The van der Waals surface area contributed by atoms with Gasteiger partial charge < -0.3 is 18.9 Å². The van der Waals surface area contributed by atoms with E-state index in [4.69, 9.17) is 24.4 Å². The van der Waals surface area contributed by atoms with Gasteiger partial charge in [0.15, 0.2) is 22.1 Å². The van der Waals surface area contributed by atoms with Crippen molar-refractivity contribution in [1.29, 1.82) is 0 Å². The van der Waals surface area contributed by atoms with E-state index in [1.165, 1.54) is 5.56 Å². The molecule has 1 saturated heterocycles. The molecular formula is C21H27N5O2S. The van der Waals surface area contributed by atoms with E-state index in [9.17, 15) is 0 Å². The van der Waals surface area contributed by atoms with Crippen LogP contribution in [0.15, 0.2) is 29.4 Å². The molecule has 1 aromatic carbocycles. The Morgan fingerprint density at radius 1 is 1.10 bits per heavy atom. The normalized spacial score (nSPS) is 14.5. The molecule has 4 rings (SSSR count). The van der Waals surface area contributed by atoms with Gasteiger partial charge in [-0.2, -0.15) is 0 Å². The van der Waals surface area contributed by atoms with Crippen LogP contribution in [0.25, 0.3) is 11.2 Å². The van der Waals surface area contributed by atoms with Gasteiger partial charge in [-0.1, -0.05) is 30.8 Å². The molecule has 29 heavy (non-hydrogen) atoms. The highest BCUT2D eigenvalue weighted by Crippen LogP contribution is 2.29. The van der Waals surface area contributed by atoms with Crippen LogP contribution in [0.1, 0.15) is 24.7 Å². The zero-order valence-corrected chi connectivity index (χ0v) is 18.0. The van der Waals surface area contributed by atoms with E-state index >= 15 is 0 Å². The molecule has 0 amide bonds. The lowest BCUT2D eigenvalue weighted by Crippen LogP contribution is -2.37. The molecule has 3 aromatic rings. The summed E-state index contributed by atoms with van der Waals surface area (Å²) in [6.07, 6.45) is 1.99. The van der Waals surface area contributed by atoms with Crippen LogP contribution in [0.2, 0.25) is 0 Å². The van der Waals surface area contributed by atoms with Crippen LogP contribution < -0.4 is 9.64 Å². The summed E-state index contributed by atoms with van der Waals surface area (Å²) in [6.45, 7) is 5.26. The quantitative estimate of drug-likeness (QED) is 0.434. The van der Waals surface area contributed by atoms with Gasteiger partial charge in [0.2, 0.25) is 0 Å². The Morgan fingerprint density at radius 2 is 1.86 bits per heavy atom. The van der Waals surface area contributed by atoms with Gasteiger partial charge in [-0.15, -0.1) is 0 Å². The number of hydrogen-bond acceptors (Lipinski definition) is 7. The Labute approximate surface area is 175 Å². The van der Waals surface area contributed by atoms with Crippen LogP contribution in [0.4, 0.5) is 5.82 Å². The lowest BCUT2D eigenvalue weighted by Gasteiger charge is -2.28. The summed E-state index contributed by atoms with van der Waals surface area (Å²) in [5.41, 5.74) is 3.01. The van der Waals surface area contributed by atoms with Gasteiger partial charge in [-0.05, 0) is 24.1 Å². The van der Waals surface area contributed by atoms with E-state index in [1.54, 1.807) is 18.9 Å². The van der Waals surface area contributed by atoms with E-state index in [0.717, 1.165) is 65.4 Å². The number of nitrogens with zero attached hydrogens (tertiary/aromatic N) is 5. The van der Waals surface area contributed by atoms with E-state index in [-0.39, 0.29) is 0 Å². The molecule has 3 heterocycles. The van der Waals surface area contributed by atoms with E-state index < -0.39 is 0 Å². The molecule has 1 fully saturated rings. The predicted molar refractivity (Wildman–Crippen MR) is 116 cm³/mol. The van der Waals surface area contributed by atoms with Gasteiger partial charge in [0.1, 0.15) is 11.6 Å². The summed E-state index contributed by atoms with van der Waals surface area (Å²) in [5.74, 6) is 3.65. The van der Waals surface area contributed by atoms with E-state index in [2.05, 4.69) is 28.5 Å². The van der Waals surface area contributed by atoms with Crippen molar-refractivity contribution >= 4 is 28.7 Å². The molecule has 0 radical (unpaired) electrons. The highest BCUT2D eigenvalue weighted by atomic mass is 32.2. The standard InChI is InChI=1S/C21H27N5O2S/c1-4-5-17-22-18-19(25(17)2)23-21(24-20(18)26-10-12-28-13-11-26)29-14-15-6-8-16(27-3)9-7-15/h6-9H,4-5,10-14H2,1-3H3. The molecule has 0 saturated carbocycles. The number of rotatable bonds is 7. The smallest absolute Gasteiger partial charge is 0.191 e. The number of aryl methyl sites for hydroxylation is 2. The molecule has 0 bridgehead atoms. The average Bonchev–Trinajstić information content (AvgIpc) is 3.08. The summed E-state index contributed by atoms with van der Waals surface area (Å²) in [6, 6.07) is 8.13. The Balaban J connectivity index is 1.66. The number of anilines is 1. The molecule has 0 atom stereocenters. The van der Waals surface area contributed by atoms with Crippen molar-refractivity contribution in [2.45, 2.75) is 30.7 Å². The van der Waals surface area contributed by atoms with E-state index in [1.807, 2.05) is 19.2 Å². The fourth-order valence-electron chi connectivity index (χ4n) is 3.45. The fraction of sp³-hybridized carbons (Fsp3) is 0.476. The first-order chi connectivity index (χ1) is 14.2. The molecule has 8 heteroatoms. The van der Waals surface area contributed by atoms with Crippen molar-refractivity contribution in [2.24, 2.45) is 7.05 Å². The van der Waals surface area contributed by atoms with Gasteiger partial charge in [-0.3, -0.25) is 0 Å². The lowest BCUT2D eigenvalue weighted by molar-refractivity contribution is 0.122. The van der Waals surface area contributed by atoms with Crippen molar-refractivity contribution < 1.29 is 9.47 Å². The molecule has 0 spiro atoms. The van der Waals surface area contributed by atoms with Gasteiger partial charge >= 0.3 is 0 Å². The van der Waals surface area contributed by atoms with Gasteiger partial charge in [0, 0.05) is 32.3 Å². The van der Waals surface area contributed by atoms with Crippen molar-refractivity contribution in [2.75, 3.05) is 38.3 Å². The van der Waals surface area contributed by atoms with E-state index in [0.29, 0.717) is 13.2 Å². The van der Waals surface area contributed by atoms with Crippen molar-refractivity contribution in [1.82, 2.24) is 19.5 Å². The average molecular weight is 414 g/mol. The SMILES string of the molecule is CCCc1nc2c(N3CCOCC3)nc(SCc3ccc(OC)cc3)nc2n1C. The minimum absolute atomic E-state index is 0.717. The van der Waals surface area contributed by atoms with Gasteiger partial charge in [0.05, 0.1) is 20.3 Å². The molecule has 1 aliphatic rings. The third kappa shape index (κ3) is 4.33. The van der Waals surface area contributed by atoms with Crippen molar-refractivity contribution in [3.63, 3.8) is 0 Å². The van der Waals surface area contributed by atoms with Crippen LogP contribution in [-0.4, -0.2) is 52.9 Å². The first kappa shape index (κ1) is 20.0. The topological polar surface area (TPSA) is 65.3 Å². The summed E-state index contributed by atoms with van der Waals surface area (Å²) >= 11 is 1.65. The monoisotopic (exact) mass is 413 g/mol. The Kier molecular flexibility index (Phi) is 6.20. The van der Waals surface area contributed by atoms with Gasteiger partial charge in [-0.25, -0.2) is 15.0 Å². The molecule has 154 valence electrons. The summed E-state index contributed by atoms with van der Waals surface area (Å²) in [4.78, 5) is 16.9. The van der Waals surface area contributed by atoms with Gasteiger partial charge in [0.25, 0.3) is 0 Å². The highest BCUT2D eigenvalue weighted by Gasteiger charge is 2.22. The minimum Gasteiger partial charge on any atom is -0.497 e. The molecule has 2 aromatic heterocycles. The summed E-state index contributed by atoms with van der Waals surface area (Å²) in [5, 5.41) is 0.779. The van der Waals surface area contributed by atoms with Crippen molar-refractivity contribution in [3.8, 4) is 5.75 Å². The number of aromatic nitrogens is 4. The maximum absolute atomic E-state index is 5.53. The van der Waals surface area contributed by atoms with Crippen molar-refractivity contribution in [3.05, 3.63) is 35.7 Å². The number of benzene rings is 1. The molecule has 0 unspecified atom stereocenters. The Hall–Kier alpha value is -2.32. The zero-order valence-electron chi connectivity index (χ0n) is 17.2. The number of imidazole rings is 1. The Morgan fingerprint density at radius 3 is 2.55 bits per heavy atom. The maximum atomic E-state index is 5.53. The lowest BCUT2D eigenvalue weighted by atomic mass is 10.2. The first-order valence-corrected chi connectivity index (χ1v) is 11.0. The van der Waals surface area contributed by atoms with Crippen LogP contribution in [0.5, 0.6) is 5.75 Å². The van der Waals surface area contributed by atoms with Crippen LogP contribution in [0, 0.1) is 0 Å². The number of fused-ring (bicyclic) bond motifs is 1. The number of ether oxygens (including phenoxy) is 2. The molecular weight excluding hydrogens is 386 g/mol. The second-order valence-corrected chi connectivity index (χ2v) is 8.02. The zero-order chi connectivity index (χ0) is 20.2. The number of methoxy groups -OCH3 is 1. The second kappa shape index (κ2) is 9.00. The highest BCUT2D eigenvalue weighted by molar-refractivity contribution is 7.98. The van der Waals surface area contributed by atoms with Crippen LogP contribution >= 0.6 is 11.8 Å².